The summed E-state index contributed by atoms with van der Waals surface area (Å²) in [6, 6.07) is 12.4. The van der Waals surface area contributed by atoms with E-state index >= 15 is 0 Å². The zero-order chi connectivity index (χ0) is 13.1. The van der Waals surface area contributed by atoms with Gasteiger partial charge in [-0.25, -0.2) is 9.97 Å². The molecule has 0 spiro atoms. The molecule has 98 valence electrons. The van der Waals surface area contributed by atoms with E-state index in [1.165, 1.54) is 5.56 Å². The normalized spacial score (nSPS) is 23.3. The molecule has 1 aliphatic rings. The van der Waals surface area contributed by atoms with Crippen molar-refractivity contribution in [3.8, 4) is 0 Å². The Bertz CT molecular complexity index is 528. The number of rotatable bonds is 2. The zero-order valence-corrected chi connectivity index (χ0v) is 11.1. The molecule has 3 rings (SSSR count). The molecule has 0 radical (unpaired) electrons. The lowest BCUT2D eigenvalue weighted by Gasteiger charge is -2.41. The first-order valence-electron chi connectivity index (χ1n) is 6.60. The molecule has 1 aliphatic heterocycles. The molecular weight excluding hydrogens is 236 g/mol. The summed E-state index contributed by atoms with van der Waals surface area (Å²) in [5.41, 5.74) is 1.24. The van der Waals surface area contributed by atoms with E-state index in [0.717, 1.165) is 25.6 Å². The number of benzene rings is 1. The van der Waals surface area contributed by atoms with Crippen LogP contribution in [-0.4, -0.2) is 29.6 Å². The summed E-state index contributed by atoms with van der Waals surface area (Å²) in [5, 5.41) is 3.61. The first kappa shape index (κ1) is 12.1. The maximum atomic E-state index is 4.35. The zero-order valence-electron chi connectivity index (χ0n) is 11.1. The number of hydrogen-bond acceptors (Lipinski definition) is 4. The SMILES string of the molecule is CC1(c2ccccc2)CN(c2ncccn2)CCN1. The Morgan fingerprint density at radius 3 is 2.58 bits per heavy atom. The standard InChI is InChI=1S/C15H18N4/c1-15(13-6-3-2-4-7-13)12-19(11-10-18-15)14-16-8-5-9-17-14/h2-9,18H,10-12H2,1H3. The first-order chi connectivity index (χ1) is 9.28. The molecule has 1 saturated heterocycles. The van der Waals surface area contributed by atoms with Gasteiger partial charge in [-0.3, -0.25) is 0 Å². The van der Waals surface area contributed by atoms with E-state index in [2.05, 4.69) is 51.4 Å². The molecule has 4 nitrogen and oxygen atoms in total. The van der Waals surface area contributed by atoms with Crippen LogP contribution in [0.4, 0.5) is 5.95 Å². The second-order valence-electron chi connectivity index (χ2n) is 5.10. The molecular formula is C15H18N4. The van der Waals surface area contributed by atoms with E-state index in [9.17, 15) is 0 Å². The third-order valence-electron chi connectivity index (χ3n) is 3.65. The summed E-state index contributed by atoms with van der Waals surface area (Å²) < 4.78 is 0. The average molecular weight is 254 g/mol. The van der Waals surface area contributed by atoms with Crippen molar-refractivity contribution < 1.29 is 0 Å². The minimum atomic E-state index is -0.0568. The van der Waals surface area contributed by atoms with Crippen LogP contribution in [0.15, 0.2) is 48.8 Å². The van der Waals surface area contributed by atoms with Gasteiger partial charge in [0.1, 0.15) is 0 Å². The largest absolute Gasteiger partial charge is 0.337 e. The lowest BCUT2D eigenvalue weighted by Crippen LogP contribution is -2.57. The van der Waals surface area contributed by atoms with Gasteiger partial charge in [-0.1, -0.05) is 30.3 Å². The van der Waals surface area contributed by atoms with E-state index in [0.29, 0.717) is 0 Å². The van der Waals surface area contributed by atoms with Crippen LogP contribution in [0.5, 0.6) is 0 Å². The average Bonchev–Trinajstić information content (AvgIpc) is 2.49. The molecule has 0 bridgehead atoms. The molecule has 0 saturated carbocycles. The number of nitrogens with zero attached hydrogens (tertiary/aromatic N) is 3. The van der Waals surface area contributed by atoms with Crippen LogP contribution in [0.2, 0.25) is 0 Å². The van der Waals surface area contributed by atoms with Crippen molar-refractivity contribution in [3.63, 3.8) is 0 Å². The number of piperazine rings is 1. The Morgan fingerprint density at radius 2 is 1.84 bits per heavy atom. The highest BCUT2D eigenvalue weighted by molar-refractivity contribution is 5.35. The fourth-order valence-corrected chi connectivity index (χ4v) is 2.61. The van der Waals surface area contributed by atoms with Gasteiger partial charge in [0.25, 0.3) is 0 Å². The predicted octanol–water partition coefficient (Wildman–Crippen LogP) is 1.80. The highest BCUT2D eigenvalue weighted by atomic mass is 15.3. The smallest absolute Gasteiger partial charge is 0.225 e. The van der Waals surface area contributed by atoms with E-state index in [1.54, 1.807) is 12.4 Å². The van der Waals surface area contributed by atoms with Gasteiger partial charge in [0.15, 0.2) is 0 Å². The summed E-state index contributed by atoms with van der Waals surface area (Å²) in [6.45, 7) is 4.98. The van der Waals surface area contributed by atoms with Gasteiger partial charge < -0.3 is 10.2 Å². The van der Waals surface area contributed by atoms with Gasteiger partial charge in [-0.2, -0.15) is 0 Å². The summed E-state index contributed by atoms with van der Waals surface area (Å²) >= 11 is 0. The predicted molar refractivity (Wildman–Crippen MR) is 76.0 cm³/mol. The fraction of sp³-hybridized carbons (Fsp3) is 0.333. The monoisotopic (exact) mass is 254 g/mol. The number of nitrogens with one attached hydrogen (secondary N) is 1. The lowest BCUT2D eigenvalue weighted by molar-refractivity contribution is 0.329. The molecule has 1 N–H and O–H groups in total. The van der Waals surface area contributed by atoms with E-state index in [4.69, 9.17) is 0 Å². The first-order valence-corrected chi connectivity index (χ1v) is 6.60. The molecule has 1 unspecified atom stereocenters. The van der Waals surface area contributed by atoms with Crippen molar-refractivity contribution in [3.05, 3.63) is 54.4 Å². The molecule has 1 aromatic heterocycles. The van der Waals surface area contributed by atoms with Crippen LogP contribution in [0.3, 0.4) is 0 Å². The molecule has 1 atom stereocenters. The molecule has 1 aromatic carbocycles. The van der Waals surface area contributed by atoms with Crippen LogP contribution >= 0.6 is 0 Å². The number of aromatic nitrogens is 2. The molecule has 2 heterocycles. The second-order valence-corrected chi connectivity index (χ2v) is 5.10. The Kier molecular flexibility index (Phi) is 3.17. The second kappa shape index (κ2) is 4.97. The van der Waals surface area contributed by atoms with E-state index < -0.39 is 0 Å². The highest BCUT2D eigenvalue weighted by Crippen LogP contribution is 2.25. The Morgan fingerprint density at radius 1 is 1.11 bits per heavy atom. The van der Waals surface area contributed by atoms with Crippen LogP contribution < -0.4 is 10.2 Å². The third-order valence-corrected chi connectivity index (χ3v) is 3.65. The maximum Gasteiger partial charge on any atom is 0.225 e. The fourth-order valence-electron chi connectivity index (χ4n) is 2.61. The maximum absolute atomic E-state index is 4.35. The summed E-state index contributed by atoms with van der Waals surface area (Å²) in [4.78, 5) is 10.9. The van der Waals surface area contributed by atoms with Gasteiger partial charge in [0.05, 0.1) is 5.54 Å². The minimum absolute atomic E-state index is 0.0568. The molecule has 0 aliphatic carbocycles. The summed E-state index contributed by atoms with van der Waals surface area (Å²) in [6.07, 6.45) is 3.59. The van der Waals surface area contributed by atoms with E-state index in [-0.39, 0.29) is 5.54 Å². The van der Waals surface area contributed by atoms with Gasteiger partial charge in [-0.15, -0.1) is 0 Å². The van der Waals surface area contributed by atoms with Gasteiger partial charge in [0, 0.05) is 32.0 Å². The highest BCUT2D eigenvalue weighted by Gasteiger charge is 2.32. The van der Waals surface area contributed by atoms with Crippen molar-refractivity contribution in [2.45, 2.75) is 12.5 Å². The van der Waals surface area contributed by atoms with Crippen molar-refractivity contribution in [2.24, 2.45) is 0 Å². The molecule has 1 fully saturated rings. The topological polar surface area (TPSA) is 41.1 Å². The Labute approximate surface area is 113 Å². The number of anilines is 1. The van der Waals surface area contributed by atoms with Crippen molar-refractivity contribution in [1.29, 1.82) is 0 Å². The summed E-state index contributed by atoms with van der Waals surface area (Å²) in [7, 11) is 0. The third kappa shape index (κ3) is 2.44. The Balaban J connectivity index is 1.86. The van der Waals surface area contributed by atoms with Crippen LogP contribution in [0.1, 0.15) is 12.5 Å². The Hall–Kier alpha value is -1.94. The molecule has 0 amide bonds. The van der Waals surface area contributed by atoms with Gasteiger partial charge in [0.2, 0.25) is 5.95 Å². The number of hydrogen-bond donors (Lipinski definition) is 1. The molecule has 2 aromatic rings. The summed E-state index contributed by atoms with van der Waals surface area (Å²) in [5.74, 6) is 0.811. The van der Waals surface area contributed by atoms with Gasteiger partial charge in [-0.05, 0) is 18.6 Å². The van der Waals surface area contributed by atoms with Crippen molar-refractivity contribution >= 4 is 5.95 Å². The lowest BCUT2D eigenvalue weighted by atomic mass is 9.90. The van der Waals surface area contributed by atoms with Crippen LogP contribution in [-0.2, 0) is 5.54 Å². The molecule has 4 heteroatoms. The van der Waals surface area contributed by atoms with Crippen molar-refractivity contribution in [2.75, 3.05) is 24.5 Å². The van der Waals surface area contributed by atoms with Crippen LogP contribution in [0, 0.1) is 0 Å². The van der Waals surface area contributed by atoms with Gasteiger partial charge >= 0.3 is 0 Å². The van der Waals surface area contributed by atoms with E-state index in [1.807, 2.05) is 12.1 Å². The molecule has 19 heavy (non-hydrogen) atoms. The van der Waals surface area contributed by atoms with Crippen molar-refractivity contribution in [1.82, 2.24) is 15.3 Å². The minimum Gasteiger partial charge on any atom is -0.337 e. The quantitative estimate of drug-likeness (QED) is 0.887. The van der Waals surface area contributed by atoms with Crippen LogP contribution in [0.25, 0.3) is 0 Å².